The fourth-order valence-corrected chi connectivity index (χ4v) is 4.51. The van der Waals surface area contributed by atoms with Crippen molar-refractivity contribution in [1.29, 1.82) is 0 Å². The highest BCUT2D eigenvalue weighted by molar-refractivity contribution is 6.46. The fraction of sp³-hybridized carbons (Fsp3) is 0.241. The van der Waals surface area contributed by atoms with Crippen LogP contribution in [0, 0.1) is 12.8 Å². The molecule has 0 fully saturated rings. The molecule has 2 aliphatic heterocycles. The minimum Gasteiger partial charge on any atom is -0.493 e. The minimum atomic E-state index is -0.302. The summed E-state index contributed by atoms with van der Waals surface area (Å²) in [6, 6.07) is 23.0. The van der Waals surface area contributed by atoms with Gasteiger partial charge in [0.1, 0.15) is 11.4 Å². The molecule has 2 amide bonds. The SMILES string of the molecule is Cc1ccc(N2C(=O)C(c3ccc(OCC(C)C)cc3)=C(N3CCc4ccccc43)C2=O)cc1. The highest BCUT2D eigenvalue weighted by Crippen LogP contribution is 2.40. The second-order valence-electron chi connectivity index (χ2n) is 9.26. The number of amides is 2. The Morgan fingerprint density at radius 3 is 2.29 bits per heavy atom. The van der Waals surface area contributed by atoms with Crippen LogP contribution >= 0.6 is 0 Å². The van der Waals surface area contributed by atoms with E-state index >= 15 is 0 Å². The van der Waals surface area contributed by atoms with Gasteiger partial charge >= 0.3 is 0 Å². The van der Waals surface area contributed by atoms with Gasteiger partial charge in [0.25, 0.3) is 11.8 Å². The maximum Gasteiger partial charge on any atom is 0.282 e. The average Bonchev–Trinajstić information content (AvgIpc) is 3.37. The number of fused-ring (bicyclic) bond motifs is 1. The summed E-state index contributed by atoms with van der Waals surface area (Å²) in [5, 5.41) is 0. The molecular weight excluding hydrogens is 424 g/mol. The second-order valence-corrected chi connectivity index (χ2v) is 9.26. The van der Waals surface area contributed by atoms with Gasteiger partial charge < -0.3 is 9.64 Å². The predicted molar refractivity (Wildman–Crippen MR) is 135 cm³/mol. The Bertz CT molecular complexity index is 1270. The molecule has 5 nitrogen and oxygen atoms in total. The molecule has 0 atom stereocenters. The van der Waals surface area contributed by atoms with E-state index in [2.05, 4.69) is 19.9 Å². The standard InChI is InChI=1S/C29H28N2O3/c1-19(2)18-34-24-14-10-22(11-15-24)26-27(30-17-16-21-6-4-5-7-25(21)30)29(33)31(28(26)32)23-12-8-20(3)9-13-23/h4-15,19H,16-18H2,1-3H3. The van der Waals surface area contributed by atoms with E-state index in [1.54, 1.807) is 0 Å². The van der Waals surface area contributed by atoms with E-state index < -0.39 is 0 Å². The molecule has 0 aromatic heterocycles. The smallest absolute Gasteiger partial charge is 0.282 e. The van der Waals surface area contributed by atoms with Crippen molar-refractivity contribution in [3.05, 3.63) is 95.2 Å². The summed E-state index contributed by atoms with van der Waals surface area (Å²) in [4.78, 5) is 30.9. The molecule has 0 saturated carbocycles. The number of anilines is 2. The molecular formula is C29H28N2O3. The highest BCUT2D eigenvalue weighted by atomic mass is 16.5. The second kappa shape index (κ2) is 8.82. The Morgan fingerprint density at radius 2 is 1.59 bits per heavy atom. The summed E-state index contributed by atoms with van der Waals surface area (Å²) < 4.78 is 5.82. The number of aryl methyl sites for hydroxylation is 1. The number of imide groups is 1. The number of hydrogen-bond donors (Lipinski definition) is 0. The van der Waals surface area contributed by atoms with Gasteiger partial charge in [0.2, 0.25) is 0 Å². The molecule has 34 heavy (non-hydrogen) atoms. The number of para-hydroxylation sites is 1. The van der Waals surface area contributed by atoms with Crippen molar-refractivity contribution in [2.45, 2.75) is 27.2 Å². The van der Waals surface area contributed by atoms with Crippen LogP contribution in [0.3, 0.4) is 0 Å². The van der Waals surface area contributed by atoms with Crippen LogP contribution in [-0.2, 0) is 16.0 Å². The van der Waals surface area contributed by atoms with Gasteiger partial charge in [-0.15, -0.1) is 0 Å². The zero-order chi connectivity index (χ0) is 23.8. The van der Waals surface area contributed by atoms with E-state index in [4.69, 9.17) is 4.74 Å². The lowest BCUT2D eigenvalue weighted by Crippen LogP contribution is -2.34. The zero-order valence-corrected chi connectivity index (χ0v) is 19.7. The maximum absolute atomic E-state index is 13.8. The number of rotatable bonds is 6. The lowest BCUT2D eigenvalue weighted by atomic mass is 10.0. The number of benzene rings is 3. The molecule has 0 radical (unpaired) electrons. The first-order valence-electron chi connectivity index (χ1n) is 11.7. The van der Waals surface area contributed by atoms with Crippen molar-refractivity contribution >= 4 is 28.8 Å². The van der Waals surface area contributed by atoms with Crippen molar-refractivity contribution in [3.63, 3.8) is 0 Å². The summed E-state index contributed by atoms with van der Waals surface area (Å²) in [6.45, 7) is 7.46. The fourth-order valence-electron chi connectivity index (χ4n) is 4.51. The molecule has 0 bridgehead atoms. The Hall–Kier alpha value is -3.86. The predicted octanol–water partition coefficient (Wildman–Crippen LogP) is 5.38. The molecule has 0 saturated heterocycles. The van der Waals surface area contributed by atoms with Crippen molar-refractivity contribution < 1.29 is 14.3 Å². The molecule has 0 spiro atoms. The van der Waals surface area contributed by atoms with E-state index in [1.165, 1.54) is 10.5 Å². The van der Waals surface area contributed by atoms with Crippen LogP contribution < -0.4 is 14.5 Å². The summed E-state index contributed by atoms with van der Waals surface area (Å²) in [6.07, 6.45) is 0.834. The number of nitrogens with zero attached hydrogens (tertiary/aromatic N) is 2. The van der Waals surface area contributed by atoms with Crippen LogP contribution in [0.15, 0.2) is 78.5 Å². The normalized spacial score (nSPS) is 15.5. The summed E-state index contributed by atoms with van der Waals surface area (Å²) in [7, 11) is 0. The van der Waals surface area contributed by atoms with Crippen LogP contribution in [0.5, 0.6) is 5.75 Å². The third-order valence-electron chi connectivity index (χ3n) is 6.23. The first-order chi connectivity index (χ1) is 16.4. The molecule has 3 aromatic rings. The third kappa shape index (κ3) is 3.87. The van der Waals surface area contributed by atoms with E-state index in [0.29, 0.717) is 41.6 Å². The molecule has 3 aromatic carbocycles. The molecule has 5 heteroatoms. The summed E-state index contributed by atoms with van der Waals surface area (Å²) >= 11 is 0. The zero-order valence-electron chi connectivity index (χ0n) is 19.7. The Morgan fingerprint density at radius 1 is 0.882 bits per heavy atom. The topological polar surface area (TPSA) is 49.9 Å². The van der Waals surface area contributed by atoms with Crippen LogP contribution in [-0.4, -0.2) is 25.0 Å². The van der Waals surface area contributed by atoms with Gasteiger partial charge in [-0.1, -0.05) is 61.9 Å². The Kier molecular flexibility index (Phi) is 5.70. The van der Waals surface area contributed by atoms with Crippen molar-refractivity contribution in [3.8, 4) is 5.75 Å². The number of carbonyl (C=O) groups is 2. The molecule has 2 aliphatic rings. The van der Waals surface area contributed by atoms with Crippen LogP contribution in [0.2, 0.25) is 0 Å². The molecule has 2 heterocycles. The molecule has 0 unspecified atom stereocenters. The number of ether oxygens (including phenoxy) is 1. The first kappa shape index (κ1) is 22.0. The van der Waals surface area contributed by atoms with Gasteiger partial charge in [0.05, 0.1) is 17.9 Å². The average molecular weight is 453 g/mol. The third-order valence-corrected chi connectivity index (χ3v) is 6.23. The van der Waals surface area contributed by atoms with Gasteiger partial charge in [0, 0.05) is 12.2 Å². The van der Waals surface area contributed by atoms with Crippen LogP contribution in [0.4, 0.5) is 11.4 Å². The van der Waals surface area contributed by atoms with E-state index in [9.17, 15) is 9.59 Å². The van der Waals surface area contributed by atoms with Gasteiger partial charge in [-0.25, -0.2) is 4.90 Å². The summed E-state index contributed by atoms with van der Waals surface area (Å²) in [5.41, 5.74) is 5.40. The largest absolute Gasteiger partial charge is 0.493 e. The van der Waals surface area contributed by atoms with Crippen molar-refractivity contribution in [2.24, 2.45) is 5.92 Å². The quantitative estimate of drug-likeness (QED) is 0.472. The molecule has 172 valence electrons. The van der Waals surface area contributed by atoms with E-state index in [0.717, 1.165) is 23.4 Å². The molecule has 5 rings (SSSR count). The minimum absolute atomic E-state index is 0.291. The number of hydrogen-bond acceptors (Lipinski definition) is 4. The maximum atomic E-state index is 13.8. The molecule has 0 N–H and O–H groups in total. The van der Waals surface area contributed by atoms with Crippen LogP contribution in [0.25, 0.3) is 5.57 Å². The van der Waals surface area contributed by atoms with Gasteiger partial charge in [-0.3, -0.25) is 9.59 Å². The van der Waals surface area contributed by atoms with E-state index in [1.807, 2.05) is 78.6 Å². The lowest BCUT2D eigenvalue weighted by Gasteiger charge is -2.22. The van der Waals surface area contributed by atoms with Crippen molar-refractivity contribution in [1.82, 2.24) is 0 Å². The van der Waals surface area contributed by atoms with Crippen LogP contribution in [0.1, 0.15) is 30.5 Å². The van der Waals surface area contributed by atoms with Gasteiger partial charge in [-0.05, 0) is 60.7 Å². The Balaban J connectivity index is 1.59. The lowest BCUT2D eigenvalue weighted by molar-refractivity contribution is -0.120. The Labute approximate surface area is 200 Å². The van der Waals surface area contributed by atoms with Gasteiger partial charge in [-0.2, -0.15) is 0 Å². The highest BCUT2D eigenvalue weighted by Gasteiger charge is 2.44. The van der Waals surface area contributed by atoms with Gasteiger partial charge in [0.15, 0.2) is 0 Å². The van der Waals surface area contributed by atoms with E-state index in [-0.39, 0.29) is 11.8 Å². The molecule has 0 aliphatic carbocycles. The monoisotopic (exact) mass is 452 g/mol. The summed E-state index contributed by atoms with van der Waals surface area (Å²) in [5.74, 6) is 0.573. The first-order valence-corrected chi connectivity index (χ1v) is 11.7. The van der Waals surface area contributed by atoms with Crippen molar-refractivity contribution in [2.75, 3.05) is 23.0 Å². The number of carbonyl (C=O) groups excluding carboxylic acids is 2.